The fraction of sp³-hybridized carbons (Fsp3) is 0.803. The SMILES string of the molecule is CC/C=C\C/C=C\C/C=C\C/C=C\C/C=C\C/C=C\C/C=C\CCCCCCCCCCCCCCCCCC(=O)NC(CO)C(O)CCCCCCCCCCCCCCCCCCCCCCCCCCCCCCCCC. The number of carbonyl (C=O) groups excluding carboxylic acids is 1. The van der Waals surface area contributed by atoms with Gasteiger partial charge in [0.25, 0.3) is 0 Å². The predicted octanol–water partition coefficient (Wildman–Crippen LogP) is 24.6. The van der Waals surface area contributed by atoms with Crippen molar-refractivity contribution in [1.82, 2.24) is 5.32 Å². The normalized spacial score (nSPS) is 13.2. The minimum Gasteiger partial charge on any atom is -0.394 e. The van der Waals surface area contributed by atoms with Crippen LogP contribution in [-0.4, -0.2) is 34.9 Å². The van der Waals surface area contributed by atoms with Crippen molar-refractivity contribution >= 4 is 5.91 Å². The van der Waals surface area contributed by atoms with Crippen LogP contribution in [0, 0.1) is 0 Å². The van der Waals surface area contributed by atoms with E-state index >= 15 is 0 Å². The van der Waals surface area contributed by atoms with Crippen LogP contribution >= 0.6 is 0 Å². The Morgan fingerprint density at radius 1 is 0.312 bits per heavy atom. The zero-order valence-electron chi connectivity index (χ0n) is 53.8. The van der Waals surface area contributed by atoms with Gasteiger partial charge in [-0.1, -0.05) is 381 Å². The molecule has 0 saturated heterocycles. The number of allylic oxidation sites excluding steroid dienone is 14. The maximum absolute atomic E-state index is 12.6. The van der Waals surface area contributed by atoms with Crippen molar-refractivity contribution in [3.8, 4) is 0 Å². The summed E-state index contributed by atoms with van der Waals surface area (Å²) in [5.41, 5.74) is 0. The Labute approximate surface area is 501 Å². The Morgan fingerprint density at radius 3 is 0.825 bits per heavy atom. The lowest BCUT2D eigenvalue weighted by Crippen LogP contribution is -2.45. The van der Waals surface area contributed by atoms with E-state index in [-0.39, 0.29) is 12.5 Å². The minimum atomic E-state index is -0.665. The van der Waals surface area contributed by atoms with Crippen molar-refractivity contribution in [2.75, 3.05) is 6.61 Å². The number of nitrogens with one attached hydrogen (secondary N) is 1. The van der Waals surface area contributed by atoms with Gasteiger partial charge in [-0.05, 0) is 70.6 Å². The third-order valence-electron chi connectivity index (χ3n) is 16.4. The lowest BCUT2D eigenvalue weighted by atomic mass is 10.0. The highest BCUT2D eigenvalue weighted by atomic mass is 16.3. The summed E-state index contributed by atoms with van der Waals surface area (Å²) in [6, 6.07) is -0.542. The van der Waals surface area contributed by atoms with Crippen molar-refractivity contribution in [3.63, 3.8) is 0 Å². The first kappa shape index (κ1) is 77.6. The first-order valence-corrected chi connectivity index (χ1v) is 35.8. The zero-order chi connectivity index (χ0) is 57.6. The number of carbonyl (C=O) groups is 1. The van der Waals surface area contributed by atoms with Crippen LogP contribution in [0.3, 0.4) is 0 Å². The average molecular weight is 1110 g/mol. The number of rotatable bonds is 66. The van der Waals surface area contributed by atoms with Crippen molar-refractivity contribution in [2.24, 2.45) is 0 Å². The number of unbranched alkanes of at least 4 members (excludes halogenated alkanes) is 45. The summed E-state index contributed by atoms with van der Waals surface area (Å²) in [5, 5.41) is 23.5. The van der Waals surface area contributed by atoms with Gasteiger partial charge in [0.2, 0.25) is 5.91 Å². The van der Waals surface area contributed by atoms with Crippen molar-refractivity contribution < 1.29 is 15.0 Å². The predicted molar refractivity (Wildman–Crippen MR) is 359 cm³/mol. The van der Waals surface area contributed by atoms with Gasteiger partial charge >= 0.3 is 0 Å². The molecule has 80 heavy (non-hydrogen) atoms. The molecule has 4 nitrogen and oxygen atoms in total. The van der Waals surface area contributed by atoms with E-state index in [1.165, 1.54) is 276 Å². The molecule has 0 saturated carbocycles. The van der Waals surface area contributed by atoms with Gasteiger partial charge in [-0.25, -0.2) is 0 Å². The largest absolute Gasteiger partial charge is 0.394 e. The second-order valence-corrected chi connectivity index (χ2v) is 24.3. The molecule has 0 aromatic rings. The Bertz CT molecular complexity index is 1400. The molecule has 0 aliphatic carbocycles. The van der Waals surface area contributed by atoms with Gasteiger partial charge in [0, 0.05) is 6.42 Å². The third kappa shape index (κ3) is 66.4. The van der Waals surface area contributed by atoms with Crippen molar-refractivity contribution in [3.05, 3.63) is 85.1 Å². The Hall–Kier alpha value is -2.43. The summed E-state index contributed by atoms with van der Waals surface area (Å²) >= 11 is 0. The summed E-state index contributed by atoms with van der Waals surface area (Å²) in [4.78, 5) is 12.6. The molecular weight excluding hydrogens is 975 g/mol. The minimum absolute atomic E-state index is 0.0282. The van der Waals surface area contributed by atoms with Gasteiger partial charge < -0.3 is 15.5 Å². The molecule has 0 radical (unpaired) electrons. The van der Waals surface area contributed by atoms with Crippen LogP contribution in [0.5, 0.6) is 0 Å². The Kier molecular flexibility index (Phi) is 68.7. The first-order chi connectivity index (χ1) is 39.7. The molecule has 0 aliphatic heterocycles. The molecule has 0 fully saturated rings. The van der Waals surface area contributed by atoms with Crippen molar-refractivity contribution in [2.45, 2.75) is 386 Å². The van der Waals surface area contributed by atoms with Gasteiger partial charge in [0.05, 0.1) is 18.8 Å². The molecule has 0 bridgehead atoms. The summed E-state index contributed by atoms with van der Waals surface area (Å²) in [7, 11) is 0. The van der Waals surface area contributed by atoms with Crippen LogP contribution in [0.15, 0.2) is 85.1 Å². The van der Waals surface area contributed by atoms with Crippen LogP contribution in [0.25, 0.3) is 0 Å². The molecule has 3 N–H and O–H groups in total. The highest BCUT2D eigenvalue weighted by molar-refractivity contribution is 5.76. The number of aliphatic hydroxyl groups excluding tert-OH is 2. The van der Waals surface area contributed by atoms with E-state index in [9.17, 15) is 15.0 Å². The topological polar surface area (TPSA) is 69.6 Å². The van der Waals surface area contributed by atoms with Gasteiger partial charge in [-0.15, -0.1) is 0 Å². The molecule has 0 heterocycles. The summed E-state index contributed by atoms with van der Waals surface area (Å²) in [6.07, 6.45) is 104. The van der Waals surface area contributed by atoms with Crippen molar-refractivity contribution in [1.29, 1.82) is 0 Å². The van der Waals surface area contributed by atoms with E-state index in [1.54, 1.807) is 0 Å². The average Bonchev–Trinajstić information content (AvgIpc) is 3.46. The van der Waals surface area contributed by atoms with Gasteiger partial charge in [0.1, 0.15) is 0 Å². The van der Waals surface area contributed by atoms with Crippen LogP contribution in [0.2, 0.25) is 0 Å². The molecule has 2 atom stereocenters. The van der Waals surface area contributed by atoms with Gasteiger partial charge in [-0.2, -0.15) is 0 Å². The molecular formula is C76H139NO3. The zero-order valence-corrected chi connectivity index (χ0v) is 53.8. The number of hydrogen-bond acceptors (Lipinski definition) is 3. The van der Waals surface area contributed by atoms with E-state index in [4.69, 9.17) is 0 Å². The lowest BCUT2D eigenvalue weighted by molar-refractivity contribution is -0.123. The monoisotopic (exact) mass is 1110 g/mol. The fourth-order valence-electron chi connectivity index (χ4n) is 11.1. The van der Waals surface area contributed by atoms with Crippen LogP contribution in [0.1, 0.15) is 373 Å². The number of amides is 1. The number of hydrogen-bond donors (Lipinski definition) is 3. The molecule has 0 aromatic heterocycles. The third-order valence-corrected chi connectivity index (χ3v) is 16.4. The maximum Gasteiger partial charge on any atom is 0.220 e. The summed E-state index contributed by atoms with van der Waals surface area (Å²) in [6.45, 7) is 4.28. The van der Waals surface area contributed by atoms with E-state index in [2.05, 4.69) is 104 Å². The highest BCUT2D eigenvalue weighted by Gasteiger charge is 2.20. The van der Waals surface area contributed by atoms with Crippen LogP contribution < -0.4 is 5.32 Å². The Balaban J connectivity index is 3.44. The smallest absolute Gasteiger partial charge is 0.220 e. The van der Waals surface area contributed by atoms with Crippen LogP contribution in [-0.2, 0) is 4.79 Å². The van der Waals surface area contributed by atoms with E-state index in [0.717, 1.165) is 70.6 Å². The number of aliphatic hydroxyl groups is 2. The molecule has 0 spiro atoms. The lowest BCUT2D eigenvalue weighted by Gasteiger charge is -2.22. The van der Waals surface area contributed by atoms with E-state index in [0.29, 0.717) is 12.8 Å². The quantitative estimate of drug-likeness (QED) is 0.0420. The standard InChI is InChI=1S/C76H139NO3/c1-3-5-7-9-11-13-15-17-19-21-23-25-27-29-31-33-35-36-37-38-39-40-42-44-46-48-50-52-54-56-58-60-62-64-66-68-70-72-76(80)77-74(73-78)75(79)71-69-67-65-63-61-59-57-55-53-51-49-47-45-43-41-34-32-30-28-26-24-22-20-18-16-14-12-10-8-6-4-2/h5,7,11,13,17,19,23,25,29,31,35-36,38-39,74-75,78-79H,3-4,6,8-10,12,14-16,18,20-22,24,26-28,30,32-34,37,40-73H2,1-2H3,(H,77,80)/b7-5-,13-11-,19-17-,25-23-,31-29-,36-35-,39-38-. The van der Waals surface area contributed by atoms with Gasteiger partial charge in [0.15, 0.2) is 0 Å². The van der Waals surface area contributed by atoms with E-state index < -0.39 is 12.1 Å². The fourth-order valence-corrected chi connectivity index (χ4v) is 11.1. The molecule has 4 heteroatoms. The molecule has 466 valence electrons. The maximum atomic E-state index is 12.6. The molecule has 1 amide bonds. The molecule has 0 aromatic carbocycles. The molecule has 0 rings (SSSR count). The van der Waals surface area contributed by atoms with Crippen LogP contribution in [0.4, 0.5) is 0 Å². The van der Waals surface area contributed by atoms with Gasteiger partial charge in [-0.3, -0.25) is 4.79 Å². The summed E-state index contributed by atoms with van der Waals surface area (Å²) < 4.78 is 0. The Morgan fingerprint density at radius 2 is 0.550 bits per heavy atom. The molecule has 2 unspecified atom stereocenters. The van der Waals surface area contributed by atoms with E-state index in [1.807, 2.05) is 0 Å². The summed E-state index contributed by atoms with van der Waals surface area (Å²) in [5.74, 6) is -0.0282. The molecule has 0 aliphatic rings. The second kappa shape index (κ2) is 70.8. The first-order valence-electron chi connectivity index (χ1n) is 35.8. The second-order valence-electron chi connectivity index (χ2n) is 24.3. The highest BCUT2D eigenvalue weighted by Crippen LogP contribution is 2.19.